The molecule has 1 aromatic rings. The van der Waals surface area contributed by atoms with E-state index in [1.54, 1.807) is 0 Å². The second-order valence-corrected chi connectivity index (χ2v) is 5.14. The summed E-state index contributed by atoms with van der Waals surface area (Å²) >= 11 is 0. The quantitative estimate of drug-likeness (QED) is 0.517. The van der Waals surface area contributed by atoms with Crippen LogP contribution in [0.25, 0.3) is 10.4 Å². The van der Waals surface area contributed by atoms with Gasteiger partial charge in [-0.3, -0.25) is 0 Å². The molecule has 0 aliphatic carbocycles. The SMILES string of the molecule is CO[C@H]1O[C@@H]2CO[C@H](c3ccccc3)O[C@H]2[C@@H](O)[C@@H]1N=[N+]=[N-]. The summed E-state index contributed by atoms with van der Waals surface area (Å²) in [4.78, 5) is 2.74. The third kappa shape index (κ3) is 2.80. The van der Waals surface area contributed by atoms with E-state index in [4.69, 9.17) is 24.5 Å². The Bertz CT molecular complexity index is 551. The van der Waals surface area contributed by atoms with Gasteiger partial charge in [0.1, 0.15) is 18.2 Å². The van der Waals surface area contributed by atoms with Gasteiger partial charge in [-0.05, 0) is 5.53 Å². The van der Waals surface area contributed by atoms with Gasteiger partial charge in [-0.1, -0.05) is 35.4 Å². The Morgan fingerprint density at radius 2 is 2.09 bits per heavy atom. The smallest absolute Gasteiger partial charge is 0.184 e. The minimum absolute atomic E-state index is 0.254. The van der Waals surface area contributed by atoms with E-state index in [0.29, 0.717) is 0 Å². The highest BCUT2D eigenvalue weighted by Gasteiger charge is 2.49. The summed E-state index contributed by atoms with van der Waals surface area (Å²) in [6, 6.07) is 8.55. The fraction of sp³-hybridized carbons (Fsp3) is 0.571. The molecule has 2 saturated heterocycles. The fourth-order valence-electron chi connectivity index (χ4n) is 2.73. The summed E-state index contributed by atoms with van der Waals surface area (Å²) in [5.74, 6) is 0. The number of azide groups is 1. The molecule has 0 unspecified atom stereocenters. The van der Waals surface area contributed by atoms with Gasteiger partial charge in [0.05, 0.1) is 12.7 Å². The molecule has 3 rings (SSSR count). The second kappa shape index (κ2) is 6.62. The van der Waals surface area contributed by atoms with Crippen molar-refractivity contribution < 1.29 is 24.1 Å². The predicted molar refractivity (Wildman–Crippen MR) is 74.6 cm³/mol. The molecule has 8 nitrogen and oxygen atoms in total. The van der Waals surface area contributed by atoms with Crippen molar-refractivity contribution in [3.63, 3.8) is 0 Å². The minimum atomic E-state index is -1.03. The van der Waals surface area contributed by atoms with Crippen LogP contribution >= 0.6 is 0 Å². The molecule has 0 spiro atoms. The van der Waals surface area contributed by atoms with Crippen LogP contribution in [0.3, 0.4) is 0 Å². The second-order valence-electron chi connectivity index (χ2n) is 5.14. The van der Waals surface area contributed by atoms with Gasteiger partial charge in [0.2, 0.25) is 0 Å². The van der Waals surface area contributed by atoms with Crippen LogP contribution in [0.15, 0.2) is 35.4 Å². The van der Waals surface area contributed by atoms with Gasteiger partial charge in [-0.2, -0.15) is 0 Å². The number of aliphatic hydroxyl groups is 1. The van der Waals surface area contributed by atoms with E-state index < -0.39 is 36.9 Å². The molecule has 6 atom stereocenters. The number of hydrogen-bond donors (Lipinski definition) is 1. The molecule has 2 aliphatic heterocycles. The standard InChI is InChI=1S/C14H17N3O5/c1-19-14-10(16-17-15)11(18)12-9(21-14)7-20-13(22-12)8-5-3-2-4-6-8/h2-6,9-14,18H,7H2,1H3/t9-,10+,11+,12-,13+,14+/m1/s1. The number of aliphatic hydroxyl groups excluding tert-OH is 1. The van der Waals surface area contributed by atoms with E-state index in [1.807, 2.05) is 30.3 Å². The largest absolute Gasteiger partial charge is 0.390 e. The van der Waals surface area contributed by atoms with Crippen molar-refractivity contribution in [1.29, 1.82) is 0 Å². The molecule has 118 valence electrons. The molecule has 0 aromatic heterocycles. The van der Waals surface area contributed by atoms with E-state index in [1.165, 1.54) is 7.11 Å². The Labute approximate surface area is 127 Å². The van der Waals surface area contributed by atoms with Crippen molar-refractivity contribution in [2.75, 3.05) is 13.7 Å². The zero-order chi connectivity index (χ0) is 15.5. The lowest BCUT2D eigenvalue weighted by Gasteiger charge is -2.46. The van der Waals surface area contributed by atoms with E-state index >= 15 is 0 Å². The van der Waals surface area contributed by atoms with Crippen molar-refractivity contribution in [2.45, 2.75) is 36.9 Å². The van der Waals surface area contributed by atoms with Gasteiger partial charge in [0, 0.05) is 17.6 Å². The first-order valence-electron chi connectivity index (χ1n) is 6.97. The molecule has 8 heteroatoms. The van der Waals surface area contributed by atoms with Crippen LogP contribution in [0.5, 0.6) is 0 Å². The predicted octanol–water partition coefficient (Wildman–Crippen LogP) is 1.51. The number of ether oxygens (including phenoxy) is 4. The Balaban J connectivity index is 1.79. The zero-order valence-electron chi connectivity index (χ0n) is 12.0. The van der Waals surface area contributed by atoms with Crippen LogP contribution in [-0.4, -0.2) is 49.5 Å². The van der Waals surface area contributed by atoms with E-state index in [-0.39, 0.29) is 6.61 Å². The first kappa shape index (κ1) is 15.2. The van der Waals surface area contributed by atoms with E-state index in [0.717, 1.165) is 5.56 Å². The molecule has 22 heavy (non-hydrogen) atoms. The number of benzene rings is 1. The summed E-state index contributed by atoms with van der Waals surface area (Å²) in [5, 5.41) is 14.0. The maximum Gasteiger partial charge on any atom is 0.184 e. The van der Waals surface area contributed by atoms with Gasteiger partial charge >= 0.3 is 0 Å². The van der Waals surface area contributed by atoms with Crippen molar-refractivity contribution in [3.05, 3.63) is 46.3 Å². The topological polar surface area (TPSA) is 106 Å². The lowest BCUT2D eigenvalue weighted by molar-refractivity contribution is -0.338. The number of hydrogen-bond acceptors (Lipinski definition) is 6. The summed E-state index contributed by atoms with van der Waals surface area (Å²) in [6.45, 7) is 0.254. The normalized spacial score (nSPS) is 37.9. The number of nitrogens with zero attached hydrogens (tertiary/aromatic N) is 3. The zero-order valence-corrected chi connectivity index (χ0v) is 12.0. The van der Waals surface area contributed by atoms with Crippen molar-refractivity contribution >= 4 is 0 Å². The molecule has 0 bridgehead atoms. The van der Waals surface area contributed by atoms with Crippen LogP contribution < -0.4 is 0 Å². The van der Waals surface area contributed by atoms with E-state index in [2.05, 4.69) is 10.0 Å². The maximum atomic E-state index is 10.5. The van der Waals surface area contributed by atoms with Crippen molar-refractivity contribution in [1.82, 2.24) is 0 Å². The van der Waals surface area contributed by atoms with Crippen LogP contribution in [0.4, 0.5) is 0 Å². The minimum Gasteiger partial charge on any atom is -0.390 e. The van der Waals surface area contributed by atoms with Crippen LogP contribution in [-0.2, 0) is 18.9 Å². The number of rotatable bonds is 3. The molecule has 0 radical (unpaired) electrons. The lowest BCUT2D eigenvalue weighted by Crippen LogP contribution is -2.61. The molecule has 2 aliphatic rings. The van der Waals surface area contributed by atoms with Gasteiger partial charge in [-0.25, -0.2) is 0 Å². The van der Waals surface area contributed by atoms with Gasteiger partial charge < -0.3 is 24.1 Å². The maximum absolute atomic E-state index is 10.5. The summed E-state index contributed by atoms with van der Waals surface area (Å²) in [6.07, 6.45) is -3.58. The van der Waals surface area contributed by atoms with Crippen molar-refractivity contribution in [2.24, 2.45) is 5.11 Å². The summed E-state index contributed by atoms with van der Waals surface area (Å²) in [7, 11) is 1.43. The van der Waals surface area contributed by atoms with E-state index in [9.17, 15) is 5.11 Å². The lowest BCUT2D eigenvalue weighted by atomic mass is 9.96. The van der Waals surface area contributed by atoms with Gasteiger partial charge in [0.25, 0.3) is 0 Å². The first-order valence-corrected chi connectivity index (χ1v) is 6.97. The third-order valence-electron chi connectivity index (χ3n) is 3.82. The highest BCUT2D eigenvalue weighted by Crippen LogP contribution is 2.35. The Morgan fingerprint density at radius 3 is 2.77 bits per heavy atom. The highest BCUT2D eigenvalue weighted by molar-refractivity contribution is 5.16. The number of methoxy groups -OCH3 is 1. The van der Waals surface area contributed by atoms with Crippen LogP contribution in [0.1, 0.15) is 11.9 Å². The fourth-order valence-corrected chi connectivity index (χ4v) is 2.73. The average Bonchev–Trinajstić information content (AvgIpc) is 2.58. The Morgan fingerprint density at radius 1 is 1.32 bits per heavy atom. The molecule has 1 N–H and O–H groups in total. The summed E-state index contributed by atoms with van der Waals surface area (Å²) in [5.41, 5.74) is 9.50. The number of fused-ring (bicyclic) bond motifs is 1. The summed E-state index contributed by atoms with van der Waals surface area (Å²) < 4.78 is 22.3. The molecular formula is C14H17N3O5. The molecule has 0 amide bonds. The Kier molecular flexibility index (Phi) is 4.58. The first-order chi connectivity index (χ1) is 10.7. The third-order valence-corrected chi connectivity index (χ3v) is 3.82. The molecule has 0 saturated carbocycles. The Hall–Kier alpha value is -1.67. The average molecular weight is 307 g/mol. The molecule has 2 fully saturated rings. The van der Waals surface area contributed by atoms with Crippen LogP contribution in [0, 0.1) is 0 Å². The molecule has 1 aromatic carbocycles. The van der Waals surface area contributed by atoms with Gasteiger partial charge in [0.15, 0.2) is 12.6 Å². The molecular weight excluding hydrogens is 290 g/mol. The molecule has 2 heterocycles. The van der Waals surface area contributed by atoms with Gasteiger partial charge in [-0.15, -0.1) is 0 Å². The highest BCUT2D eigenvalue weighted by atomic mass is 16.7. The van der Waals surface area contributed by atoms with Crippen LogP contribution in [0.2, 0.25) is 0 Å². The van der Waals surface area contributed by atoms with Crippen molar-refractivity contribution in [3.8, 4) is 0 Å². The monoisotopic (exact) mass is 307 g/mol.